The van der Waals surface area contributed by atoms with Crippen molar-refractivity contribution in [2.45, 2.75) is 20.1 Å². The second-order valence-electron chi connectivity index (χ2n) is 8.25. The Morgan fingerprint density at radius 1 is 1.06 bits per heavy atom. The fraction of sp³-hybridized carbons (Fsp3) is 0.333. The Hall–Kier alpha value is -3.42. The fourth-order valence-electron chi connectivity index (χ4n) is 3.85. The van der Waals surface area contributed by atoms with E-state index in [9.17, 15) is 4.79 Å². The van der Waals surface area contributed by atoms with Crippen LogP contribution in [0.2, 0.25) is 0 Å². The van der Waals surface area contributed by atoms with E-state index in [0.717, 1.165) is 61.2 Å². The lowest BCUT2D eigenvalue weighted by Crippen LogP contribution is -2.36. The quantitative estimate of drug-likeness (QED) is 0.494. The molecule has 1 aliphatic heterocycles. The van der Waals surface area contributed by atoms with Crippen LogP contribution >= 0.6 is 0 Å². The summed E-state index contributed by atoms with van der Waals surface area (Å²) in [5, 5.41) is 3.01. The molecule has 0 saturated carbocycles. The van der Waals surface area contributed by atoms with Gasteiger partial charge in [0.05, 0.1) is 25.5 Å². The van der Waals surface area contributed by atoms with E-state index in [1.807, 2.05) is 54.6 Å². The molecule has 1 saturated heterocycles. The van der Waals surface area contributed by atoms with Crippen LogP contribution in [0.1, 0.15) is 18.2 Å². The topological polar surface area (TPSA) is 66.9 Å². The van der Waals surface area contributed by atoms with Gasteiger partial charge >= 0.3 is 0 Å². The molecular weight excluding hydrogens is 428 g/mol. The van der Waals surface area contributed by atoms with E-state index in [4.69, 9.17) is 9.47 Å². The molecule has 0 aliphatic carbocycles. The molecule has 7 heteroatoms. The number of nitrogens with one attached hydrogen (secondary N) is 1. The zero-order valence-corrected chi connectivity index (χ0v) is 19.7. The van der Waals surface area contributed by atoms with Crippen molar-refractivity contribution in [3.63, 3.8) is 0 Å². The Morgan fingerprint density at radius 2 is 1.82 bits per heavy atom. The normalized spacial score (nSPS) is 13.6. The number of carbonyl (C=O) groups is 1. The average Bonchev–Trinajstić information content (AvgIpc) is 2.89. The summed E-state index contributed by atoms with van der Waals surface area (Å²) in [6, 6.07) is 21.8. The molecule has 0 unspecified atom stereocenters. The summed E-state index contributed by atoms with van der Waals surface area (Å²) in [6.45, 7) is 7.62. The number of morpholine rings is 1. The number of benzene rings is 2. The van der Waals surface area contributed by atoms with Crippen molar-refractivity contribution in [2.75, 3.05) is 49.6 Å². The van der Waals surface area contributed by atoms with Gasteiger partial charge in [-0.2, -0.15) is 0 Å². The molecule has 3 aromatic rings. The second-order valence-corrected chi connectivity index (χ2v) is 8.25. The first-order valence-corrected chi connectivity index (χ1v) is 11.8. The summed E-state index contributed by atoms with van der Waals surface area (Å²) in [6.07, 6.45) is 1.76. The molecule has 0 atom stereocenters. The Balaban J connectivity index is 1.24. The largest absolute Gasteiger partial charge is 0.487 e. The van der Waals surface area contributed by atoms with E-state index in [1.54, 1.807) is 6.20 Å². The van der Waals surface area contributed by atoms with Crippen molar-refractivity contribution in [1.82, 2.24) is 9.88 Å². The van der Waals surface area contributed by atoms with Crippen LogP contribution in [0.4, 0.5) is 11.4 Å². The van der Waals surface area contributed by atoms with Crippen molar-refractivity contribution >= 4 is 17.3 Å². The summed E-state index contributed by atoms with van der Waals surface area (Å²) < 4.78 is 11.2. The van der Waals surface area contributed by atoms with Gasteiger partial charge in [-0.15, -0.1) is 0 Å². The highest BCUT2D eigenvalue weighted by Crippen LogP contribution is 2.19. The van der Waals surface area contributed by atoms with E-state index in [1.165, 1.54) is 0 Å². The molecule has 0 bridgehead atoms. The molecule has 4 rings (SSSR count). The minimum atomic E-state index is -0.0173. The van der Waals surface area contributed by atoms with Crippen molar-refractivity contribution in [1.29, 1.82) is 0 Å². The number of carbonyl (C=O) groups excluding carboxylic acids is 1. The molecule has 0 radical (unpaired) electrons. The number of nitrogens with zero attached hydrogens (tertiary/aromatic N) is 3. The van der Waals surface area contributed by atoms with Crippen LogP contribution in [0.5, 0.6) is 5.75 Å². The molecule has 1 aromatic heterocycles. The lowest BCUT2D eigenvalue weighted by molar-refractivity contribution is -0.117. The highest BCUT2D eigenvalue weighted by Gasteiger charge is 2.13. The zero-order chi connectivity index (χ0) is 23.6. The molecule has 2 aromatic carbocycles. The fourth-order valence-corrected chi connectivity index (χ4v) is 3.85. The molecule has 178 valence electrons. The van der Waals surface area contributed by atoms with Gasteiger partial charge in [-0.1, -0.05) is 25.1 Å². The number of pyridine rings is 1. The Morgan fingerprint density at radius 3 is 2.50 bits per heavy atom. The monoisotopic (exact) mass is 460 g/mol. The van der Waals surface area contributed by atoms with Crippen LogP contribution in [0.3, 0.4) is 0 Å². The molecule has 34 heavy (non-hydrogen) atoms. The van der Waals surface area contributed by atoms with Crippen LogP contribution in [-0.2, 0) is 22.7 Å². The van der Waals surface area contributed by atoms with Crippen molar-refractivity contribution in [3.8, 4) is 5.75 Å². The Labute approximate surface area is 201 Å². The smallest absolute Gasteiger partial charge is 0.238 e. The Bertz CT molecular complexity index is 1020. The van der Waals surface area contributed by atoms with Crippen LogP contribution in [-0.4, -0.2) is 55.2 Å². The lowest BCUT2D eigenvalue weighted by Gasteiger charge is -2.29. The highest BCUT2D eigenvalue weighted by atomic mass is 16.5. The predicted octanol–water partition coefficient (Wildman–Crippen LogP) is 3.96. The maximum absolute atomic E-state index is 12.6. The van der Waals surface area contributed by atoms with E-state index < -0.39 is 0 Å². The van der Waals surface area contributed by atoms with Crippen molar-refractivity contribution < 1.29 is 14.3 Å². The molecule has 2 heterocycles. The number of anilines is 2. The molecule has 1 fully saturated rings. The number of likely N-dealkylation sites (N-methyl/N-ethyl adjacent to an activating group) is 1. The number of hydrogen-bond acceptors (Lipinski definition) is 6. The van der Waals surface area contributed by atoms with E-state index in [0.29, 0.717) is 19.7 Å². The summed E-state index contributed by atoms with van der Waals surface area (Å²) in [5.74, 6) is 0.784. The van der Waals surface area contributed by atoms with Crippen molar-refractivity contribution in [2.24, 2.45) is 0 Å². The van der Waals surface area contributed by atoms with E-state index >= 15 is 0 Å². The third-order valence-electron chi connectivity index (χ3n) is 5.78. The van der Waals surface area contributed by atoms with Crippen molar-refractivity contribution in [3.05, 3.63) is 84.2 Å². The third-order valence-corrected chi connectivity index (χ3v) is 5.78. The first-order chi connectivity index (χ1) is 16.7. The molecule has 1 N–H and O–H groups in total. The summed E-state index contributed by atoms with van der Waals surface area (Å²) >= 11 is 0. The number of amides is 1. The van der Waals surface area contributed by atoms with Gasteiger partial charge in [0.1, 0.15) is 12.4 Å². The third kappa shape index (κ3) is 7.04. The molecule has 0 spiro atoms. The lowest BCUT2D eigenvalue weighted by atomic mass is 10.2. The van der Waals surface area contributed by atoms with Gasteiger partial charge in [0.2, 0.25) is 5.91 Å². The summed E-state index contributed by atoms with van der Waals surface area (Å²) in [7, 11) is 0. The van der Waals surface area contributed by atoms with Gasteiger partial charge in [0.15, 0.2) is 0 Å². The minimum Gasteiger partial charge on any atom is -0.487 e. The van der Waals surface area contributed by atoms with Crippen LogP contribution in [0.15, 0.2) is 72.9 Å². The highest BCUT2D eigenvalue weighted by molar-refractivity contribution is 5.92. The number of rotatable bonds is 10. The van der Waals surface area contributed by atoms with Crippen LogP contribution in [0.25, 0.3) is 0 Å². The minimum absolute atomic E-state index is 0.0173. The van der Waals surface area contributed by atoms with Gasteiger partial charge in [0.25, 0.3) is 0 Å². The Kier molecular flexibility index (Phi) is 8.48. The number of ether oxygens (including phenoxy) is 2. The van der Waals surface area contributed by atoms with Gasteiger partial charge in [0, 0.05) is 37.2 Å². The second kappa shape index (κ2) is 12.2. The molecule has 1 amide bonds. The average molecular weight is 461 g/mol. The first kappa shape index (κ1) is 23.7. The zero-order valence-electron chi connectivity index (χ0n) is 19.7. The summed E-state index contributed by atoms with van der Waals surface area (Å²) in [4.78, 5) is 21.3. The number of hydrogen-bond donors (Lipinski definition) is 1. The SMILES string of the molecule is CCN(CC(=O)Nc1ccc(N2CCOCC2)cc1)Cc1ccc(OCc2ccccn2)cc1. The maximum atomic E-state index is 12.6. The number of aromatic nitrogens is 1. The van der Waals surface area contributed by atoms with Gasteiger partial charge in [-0.25, -0.2) is 0 Å². The maximum Gasteiger partial charge on any atom is 0.238 e. The molecule has 1 aliphatic rings. The van der Waals surface area contributed by atoms with E-state index in [2.05, 4.69) is 39.2 Å². The standard InChI is InChI=1S/C27H32N4O3/c1-2-30(19-22-6-12-26(13-7-22)34-21-24-5-3-4-14-28-24)20-27(32)29-23-8-10-25(11-9-23)31-15-17-33-18-16-31/h3-14H,2,15-21H2,1H3,(H,29,32). The van der Waals surface area contributed by atoms with E-state index in [-0.39, 0.29) is 5.91 Å². The van der Waals surface area contributed by atoms with Crippen LogP contribution in [0, 0.1) is 0 Å². The molecular formula is C27H32N4O3. The first-order valence-electron chi connectivity index (χ1n) is 11.8. The van der Waals surface area contributed by atoms with Gasteiger partial charge in [-0.05, 0) is 60.6 Å². The van der Waals surface area contributed by atoms with Gasteiger partial charge in [-0.3, -0.25) is 14.7 Å². The summed E-state index contributed by atoms with van der Waals surface area (Å²) in [5.41, 5.74) is 4.00. The molecule has 7 nitrogen and oxygen atoms in total. The van der Waals surface area contributed by atoms with Gasteiger partial charge < -0.3 is 19.7 Å². The predicted molar refractivity (Wildman–Crippen MR) is 134 cm³/mol. The van der Waals surface area contributed by atoms with Crippen LogP contribution < -0.4 is 15.0 Å².